The van der Waals surface area contributed by atoms with E-state index in [1.54, 1.807) is 0 Å². The maximum Gasteiger partial charge on any atom is 0.215 e. The lowest BCUT2D eigenvalue weighted by Crippen LogP contribution is -2.59. The third-order valence-corrected chi connectivity index (χ3v) is 6.02. The van der Waals surface area contributed by atoms with Gasteiger partial charge < -0.3 is 15.7 Å². The molecule has 0 aromatic heterocycles. The molecular weight excluding hydrogens is 294 g/mol. The van der Waals surface area contributed by atoms with E-state index < -0.39 is 15.6 Å². The van der Waals surface area contributed by atoms with Gasteiger partial charge in [-0.05, 0) is 44.4 Å². The molecule has 0 spiro atoms. The minimum absolute atomic E-state index is 0.0506. The normalized spacial score (nSPS) is 35.0. The van der Waals surface area contributed by atoms with Gasteiger partial charge in [0.15, 0.2) is 5.84 Å². The van der Waals surface area contributed by atoms with Crippen LogP contribution in [0.25, 0.3) is 0 Å². The largest absolute Gasteiger partial charge is 0.409 e. The van der Waals surface area contributed by atoms with Crippen molar-refractivity contribution in [2.75, 3.05) is 12.4 Å². The summed E-state index contributed by atoms with van der Waals surface area (Å²) in [6.07, 6.45) is 4.19. The number of hydrogen-bond donors (Lipinski definition) is 3. The van der Waals surface area contributed by atoms with Crippen LogP contribution < -0.4 is 10.5 Å². The van der Waals surface area contributed by atoms with Gasteiger partial charge in [-0.1, -0.05) is 12.1 Å². The molecular formula is C13H25N3O4S. The molecule has 2 aliphatic rings. The summed E-state index contributed by atoms with van der Waals surface area (Å²) in [5.41, 5.74) is 4.83. The standard InChI is InChI=1S/C13H25N3O4S/c1-10-4-6-13(7-5-10,12(14)15-17)16-21(18,19)9-11-3-2-8-20-11/h10-11,16-17H,2-9H2,1H3,(H2,14,15). The predicted molar refractivity (Wildman–Crippen MR) is 79.7 cm³/mol. The molecule has 1 aliphatic carbocycles. The molecule has 1 heterocycles. The summed E-state index contributed by atoms with van der Waals surface area (Å²) in [4.78, 5) is 0. The SMILES string of the molecule is CC1CCC(NS(=O)(=O)CC2CCCO2)(C(N)=NO)CC1. The molecule has 122 valence electrons. The first-order valence-electron chi connectivity index (χ1n) is 7.48. The van der Waals surface area contributed by atoms with Gasteiger partial charge in [0.2, 0.25) is 10.0 Å². The van der Waals surface area contributed by atoms with Gasteiger partial charge in [0.25, 0.3) is 0 Å². The van der Waals surface area contributed by atoms with Crippen LogP contribution in [0.15, 0.2) is 5.16 Å². The lowest BCUT2D eigenvalue weighted by Gasteiger charge is -2.38. The van der Waals surface area contributed by atoms with Gasteiger partial charge >= 0.3 is 0 Å². The van der Waals surface area contributed by atoms with E-state index in [2.05, 4.69) is 16.8 Å². The number of sulfonamides is 1. The van der Waals surface area contributed by atoms with Gasteiger partial charge in [0.1, 0.15) is 0 Å². The highest BCUT2D eigenvalue weighted by molar-refractivity contribution is 7.89. The van der Waals surface area contributed by atoms with Crippen molar-refractivity contribution in [1.29, 1.82) is 0 Å². The van der Waals surface area contributed by atoms with E-state index in [1.165, 1.54) is 0 Å². The molecule has 0 aromatic carbocycles. The molecule has 1 aliphatic heterocycles. The molecule has 2 rings (SSSR count). The molecule has 4 N–H and O–H groups in total. The number of ether oxygens (including phenoxy) is 1. The fourth-order valence-corrected chi connectivity index (χ4v) is 4.86. The van der Waals surface area contributed by atoms with Gasteiger partial charge in [-0.2, -0.15) is 0 Å². The molecule has 1 saturated carbocycles. The van der Waals surface area contributed by atoms with Crippen molar-refractivity contribution in [1.82, 2.24) is 4.72 Å². The fraction of sp³-hybridized carbons (Fsp3) is 0.923. The van der Waals surface area contributed by atoms with Crippen LogP contribution in [0.3, 0.4) is 0 Å². The Labute approximate surface area is 126 Å². The van der Waals surface area contributed by atoms with E-state index in [1.807, 2.05) is 0 Å². The van der Waals surface area contributed by atoms with Crippen LogP contribution in [0.2, 0.25) is 0 Å². The minimum Gasteiger partial charge on any atom is -0.409 e. The predicted octanol–water partition coefficient (Wildman–Crippen LogP) is 0.780. The Morgan fingerprint density at radius 2 is 2.10 bits per heavy atom. The van der Waals surface area contributed by atoms with E-state index in [4.69, 9.17) is 15.7 Å². The van der Waals surface area contributed by atoms with Crippen LogP contribution >= 0.6 is 0 Å². The summed E-state index contributed by atoms with van der Waals surface area (Å²) in [7, 11) is -3.54. The minimum atomic E-state index is -3.54. The van der Waals surface area contributed by atoms with Crippen LogP contribution in [0.5, 0.6) is 0 Å². The number of rotatable bonds is 5. The highest BCUT2D eigenvalue weighted by Gasteiger charge is 2.42. The molecule has 21 heavy (non-hydrogen) atoms. The van der Waals surface area contributed by atoms with Crippen molar-refractivity contribution in [3.8, 4) is 0 Å². The van der Waals surface area contributed by atoms with Crippen molar-refractivity contribution < 1.29 is 18.4 Å². The Bertz CT molecular complexity index is 478. The molecule has 1 atom stereocenters. The summed E-state index contributed by atoms with van der Waals surface area (Å²) in [5, 5.41) is 12.1. The Morgan fingerprint density at radius 1 is 1.43 bits per heavy atom. The number of nitrogens with one attached hydrogen (secondary N) is 1. The molecule has 0 bridgehead atoms. The van der Waals surface area contributed by atoms with Crippen molar-refractivity contribution in [3.05, 3.63) is 0 Å². The second kappa shape index (κ2) is 6.50. The number of oxime groups is 1. The molecule has 0 radical (unpaired) electrons. The van der Waals surface area contributed by atoms with Crippen LogP contribution in [-0.4, -0.2) is 43.5 Å². The Morgan fingerprint density at radius 3 is 2.62 bits per heavy atom. The Kier molecular flexibility index (Phi) is 5.11. The van der Waals surface area contributed by atoms with Crippen molar-refractivity contribution in [2.45, 2.75) is 57.1 Å². The van der Waals surface area contributed by atoms with Gasteiger partial charge in [0, 0.05) is 6.61 Å². The highest BCUT2D eigenvalue weighted by atomic mass is 32.2. The maximum absolute atomic E-state index is 12.4. The molecule has 1 saturated heterocycles. The Balaban J connectivity index is 2.11. The number of hydrogen-bond acceptors (Lipinski definition) is 5. The maximum atomic E-state index is 12.4. The summed E-state index contributed by atoms with van der Waals surface area (Å²) >= 11 is 0. The second-order valence-corrected chi connectivity index (χ2v) is 8.04. The van der Waals surface area contributed by atoms with E-state index in [-0.39, 0.29) is 17.7 Å². The average Bonchev–Trinajstić information content (AvgIpc) is 2.92. The number of amidine groups is 1. The molecule has 7 nitrogen and oxygen atoms in total. The van der Waals surface area contributed by atoms with E-state index >= 15 is 0 Å². The lowest BCUT2D eigenvalue weighted by molar-refractivity contribution is 0.127. The summed E-state index contributed by atoms with van der Waals surface area (Å²) in [5.74, 6) is 0.404. The smallest absolute Gasteiger partial charge is 0.215 e. The van der Waals surface area contributed by atoms with Gasteiger partial charge in [0.05, 0.1) is 17.4 Å². The van der Waals surface area contributed by atoms with E-state index in [0.29, 0.717) is 25.4 Å². The van der Waals surface area contributed by atoms with Crippen LogP contribution in [0.4, 0.5) is 0 Å². The molecule has 8 heteroatoms. The molecule has 2 fully saturated rings. The second-order valence-electron chi connectivity index (χ2n) is 6.27. The van der Waals surface area contributed by atoms with Gasteiger partial charge in [-0.15, -0.1) is 0 Å². The van der Waals surface area contributed by atoms with Gasteiger partial charge in [-0.3, -0.25) is 0 Å². The topological polar surface area (TPSA) is 114 Å². The molecule has 0 aromatic rings. The summed E-state index contributed by atoms with van der Waals surface area (Å²) in [6.45, 7) is 2.74. The third-order valence-electron chi connectivity index (χ3n) is 4.51. The van der Waals surface area contributed by atoms with Crippen molar-refractivity contribution in [2.24, 2.45) is 16.8 Å². The van der Waals surface area contributed by atoms with E-state index in [0.717, 1.165) is 25.7 Å². The zero-order chi connectivity index (χ0) is 15.5. The van der Waals surface area contributed by atoms with Crippen molar-refractivity contribution in [3.63, 3.8) is 0 Å². The van der Waals surface area contributed by atoms with Crippen LogP contribution in [0.1, 0.15) is 45.4 Å². The first-order valence-corrected chi connectivity index (χ1v) is 9.13. The van der Waals surface area contributed by atoms with Crippen molar-refractivity contribution >= 4 is 15.9 Å². The van der Waals surface area contributed by atoms with Crippen LogP contribution in [-0.2, 0) is 14.8 Å². The van der Waals surface area contributed by atoms with E-state index in [9.17, 15) is 8.42 Å². The molecule has 0 amide bonds. The lowest BCUT2D eigenvalue weighted by atomic mass is 9.77. The van der Waals surface area contributed by atoms with Crippen LogP contribution in [0, 0.1) is 5.92 Å². The number of nitrogens with two attached hydrogens (primary N) is 1. The highest BCUT2D eigenvalue weighted by Crippen LogP contribution is 2.33. The number of nitrogens with zero attached hydrogens (tertiary/aromatic N) is 1. The zero-order valence-corrected chi connectivity index (χ0v) is 13.2. The fourth-order valence-electron chi connectivity index (χ4n) is 3.12. The quantitative estimate of drug-likeness (QED) is 0.300. The van der Waals surface area contributed by atoms with Gasteiger partial charge in [-0.25, -0.2) is 13.1 Å². The Hall–Kier alpha value is -0.860. The average molecular weight is 319 g/mol. The summed E-state index contributed by atoms with van der Waals surface area (Å²) < 4.78 is 32.8. The molecule has 1 unspecified atom stereocenters. The monoisotopic (exact) mass is 319 g/mol. The first-order chi connectivity index (χ1) is 9.87. The third kappa shape index (κ3) is 4.08. The first kappa shape index (κ1) is 16.5. The summed E-state index contributed by atoms with van der Waals surface area (Å²) in [6, 6.07) is 0. The zero-order valence-electron chi connectivity index (χ0n) is 12.4.